The van der Waals surface area contributed by atoms with Crippen LogP contribution in [0.25, 0.3) is 0 Å². The van der Waals surface area contributed by atoms with Crippen LogP contribution in [-0.2, 0) is 0 Å². The first-order valence-corrected chi connectivity index (χ1v) is 7.19. The highest BCUT2D eigenvalue weighted by molar-refractivity contribution is 5.82. The van der Waals surface area contributed by atoms with E-state index in [-0.39, 0.29) is 0 Å². The Balaban J connectivity index is 1.47. The monoisotopic (exact) mass is 220 g/mol. The summed E-state index contributed by atoms with van der Waals surface area (Å²) in [6.07, 6.45) is 11.2. The summed E-state index contributed by atoms with van der Waals surface area (Å²) in [6, 6.07) is 0. The molecule has 2 nitrogen and oxygen atoms in total. The first-order valence-electron chi connectivity index (χ1n) is 7.19. The lowest BCUT2D eigenvalue weighted by Crippen LogP contribution is -2.31. The van der Waals surface area contributed by atoms with Crippen molar-refractivity contribution in [1.29, 1.82) is 0 Å². The Morgan fingerprint density at radius 1 is 1.12 bits per heavy atom. The molecule has 0 radical (unpaired) electrons. The second kappa shape index (κ2) is 4.77. The Morgan fingerprint density at radius 2 is 2.12 bits per heavy atom. The van der Waals surface area contributed by atoms with Gasteiger partial charge in [-0.3, -0.25) is 4.99 Å². The standard InChI is InChI=1S/C14H24N2/c1-2-4-14(15-7-3-1)16-10-13-9-11-5-6-12(13)8-11/h11-13H,1-10H2,(H,15,16). The third kappa shape index (κ3) is 2.26. The summed E-state index contributed by atoms with van der Waals surface area (Å²) >= 11 is 0. The number of amidine groups is 1. The van der Waals surface area contributed by atoms with E-state index in [0.29, 0.717) is 0 Å². The van der Waals surface area contributed by atoms with Gasteiger partial charge in [0.25, 0.3) is 0 Å². The van der Waals surface area contributed by atoms with Crippen molar-refractivity contribution in [2.45, 2.75) is 51.4 Å². The molecule has 2 saturated carbocycles. The third-order valence-electron chi connectivity index (χ3n) is 4.83. The van der Waals surface area contributed by atoms with Gasteiger partial charge in [-0.05, 0) is 49.9 Å². The minimum Gasteiger partial charge on any atom is -0.374 e. The van der Waals surface area contributed by atoms with Gasteiger partial charge >= 0.3 is 0 Å². The largest absolute Gasteiger partial charge is 0.374 e. The van der Waals surface area contributed by atoms with Crippen LogP contribution in [0.5, 0.6) is 0 Å². The molecule has 0 aromatic carbocycles. The number of fused-ring (bicyclic) bond motifs is 2. The summed E-state index contributed by atoms with van der Waals surface area (Å²) in [4.78, 5) is 4.65. The minimum atomic E-state index is 0.963. The number of aliphatic imine (C=N–C) groups is 1. The lowest BCUT2D eigenvalue weighted by atomic mass is 9.89. The van der Waals surface area contributed by atoms with Crippen LogP contribution < -0.4 is 5.32 Å². The topological polar surface area (TPSA) is 24.4 Å². The van der Waals surface area contributed by atoms with E-state index in [1.807, 2.05) is 0 Å². The highest BCUT2D eigenvalue weighted by atomic mass is 15.0. The lowest BCUT2D eigenvalue weighted by molar-refractivity contribution is 0.331. The average molecular weight is 220 g/mol. The van der Waals surface area contributed by atoms with Gasteiger partial charge in [0.2, 0.25) is 0 Å². The molecule has 0 aromatic heterocycles. The molecule has 2 fully saturated rings. The van der Waals surface area contributed by atoms with Gasteiger partial charge in [-0.15, -0.1) is 0 Å². The molecule has 0 saturated heterocycles. The second-order valence-corrected chi connectivity index (χ2v) is 5.95. The summed E-state index contributed by atoms with van der Waals surface area (Å²) in [5.41, 5.74) is 0. The van der Waals surface area contributed by atoms with Crippen molar-refractivity contribution in [2.75, 3.05) is 13.1 Å². The van der Waals surface area contributed by atoms with Crippen molar-refractivity contribution in [2.24, 2.45) is 22.7 Å². The highest BCUT2D eigenvalue weighted by Crippen LogP contribution is 2.47. The summed E-state index contributed by atoms with van der Waals surface area (Å²) in [5.74, 6) is 4.39. The van der Waals surface area contributed by atoms with Crippen LogP contribution in [0, 0.1) is 17.8 Å². The number of hydrogen-bond acceptors (Lipinski definition) is 2. The zero-order valence-corrected chi connectivity index (χ0v) is 10.3. The highest BCUT2D eigenvalue weighted by Gasteiger charge is 2.39. The number of rotatable bonds is 2. The van der Waals surface area contributed by atoms with Crippen molar-refractivity contribution >= 4 is 5.84 Å². The third-order valence-corrected chi connectivity index (χ3v) is 4.83. The Hall–Kier alpha value is -0.530. The molecule has 1 N–H and O–H groups in total. The van der Waals surface area contributed by atoms with Gasteiger partial charge < -0.3 is 5.32 Å². The quantitative estimate of drug-likeness (QED) is 0.760. The molecule has 0 amide bonds. The van der Waals surface area contributed by atoms with Crippen molar-refractivity contribution in [1.82, 2.24) is 5.32 Å². The zero-order chi connectivity index (χ0) is 10.8. The van der Waals surface area contributed by atoms with Gasteiger partial charge in [0.15, 0.2) is 0 Å². The van der Waals surface area contributed by atoms with E-state index in [4.69, 9.17) is 0 Å². The van der Waals surface area contributed by atoms with Crippen molar-refractivity contribution in [3.63, 3.8) is 0 Å². The van der Waals surface area contributed by atoms with E-state index in [1.165, 1.54) is 63.7 Å². The molecule has 90 valence electrons. The zero-order valence-electron chi connectivity index (χ0n) is 10.3. The smallest absolute Gasteiger partial charge is 0.0963 e. The molecule has 2 heteroatoms. The van der Waals surface area contributed by atoms with Gasteiger partial charge in [0.1, 0.15) is 0 Å². The molecule has 1 aliphatic heterocycles. The van der Waals surface area contributed by atoms with E-state index in [0.717, 1.165) is 24.3 Å². The first kappa shape index (κ1) is 10.6. The van der Waals surface area contributed by atoms with Crippen LogP contribution in [0.2, 0.25) is 0 Å². The molecular formula is C14H24N2. The van der Waals surface area contributed by atoms with Gasteiger partial charge in [-0.2, -0.15) is 0 Å². The van der Waals surface area contributed by atoms with Crippen LogP contribution in [0.3, 0.4) is 0 Å². The fraction of sp³-hybridized carbons (Fsp3) is 0.929. The molecule has 0 spiro atoms. The van der Waals surface area contributed by atoms with E-state index < -0.39 is 0 Å². The molecule has 3 rings (SSSR count). The maximum atomic E-state index is 4.65. The summed E-state index contributed by atoms with van der Waals surface area (Å²) < 4.78 is 0. The van der Waals surface area contributed by atoms with Crippen LogP contribution in [0.15, 0.2) is 4.99 Å². The van der Waals surface area contributed by atoms with Gasteiger partial charge in [-0.1, -0.05) is 12.8 Å². The van der Waals surface area contributed by atoms with Crippen LogP contribution >= 0.6 is 0 Å². The SMILES string of the molecule is C1CCN=C(NCC2CC3CCC2C3)CC1. The Labute approximate surface area is 98.9 Å². The number of hydrogen-bond donors (Lipinski definition) is 1. The normalized spacial score (nSPS) is 38.2. The maximum absolute atomic E-state index is 4.65. The van der Waals surface area contributed by atoms with Crippen LogP contribution in [-0.4, -0.2) is 18.9 Å². The molecule has 16 heavy (non-hydrogen) atoms. The minimum absolute atomic E-state index is 0.963. The van der Waals surface area contributed by atoms with Crippen LogP contribution in [0.1, 0.15) is 51.4 Å². The Kier molecular flexibility index (Phi) is 3.16. The maximum Gasteiger partial charge on any atom is 0.0963 e. The van der Waals surface area contributed by atoms with Crippen molar-refractivity contribution < 1.29 is 0 Å². The van der Waals surface area contributed by atoms with Gasteiger partial charge in [-0.25, -0.2) is 0 Å². The fourth-order valence-corrected chi connectivity index (χ4v) is 3.89. The lowest BCUT2D eigenvalue weighted by Gasteiger charge is -2.22. The molecule has 0 aromatic rings. The molecule has 3 atom stereocenters. The summed E-state index contributed by atoms with van der Waals surface area (Å²) in [5, 5.41) is 3.64. The second-order valence-electron chi connectivity index (χ2n) is 5.95. The summed E-state index contributed by atoms with van der Waals surface area (Å²) in [7, 11) is 0. The predicted octanol–water partition coefficient (Wildman–Crippen LogP) is 2.98. The Morgan fingerprint density at radius 3 is 2.94 bits per heavy atom. The van der Waals surface area contributed by atoms with E-state index in [9.17, 15) is 0 Å². The van der Waals surface area contributed by atoms with Crippen molar-refractivity contribution in [3.05, 3.63) is 0 Å². The van der Waals surface area contributed by atoms with Crippen molar-refractivity contribution in [3.8, 4) is 0 Å². The number of nitrogens with zero attached hydrogens (tertiary/aromatic N) is 1. The fourth-order valence-electron chi connectivity index (χ4n) is 3.89. The number of nitrogens with one attached hydrogen (secondary N) is 1. The van der Waals surface area contributed by atoms with Gasteiger partial charge in [0.05, 0.1) is 5.84 Å². The molecule has 3 aliphatic rings. The molecule has 1 heterocycles. The molecule has 2 bridgehead atoms. The van der Waals surface area contributed by atoms with Gasteiger partial charge in [0, 0.05) is 19.5 Å². The van der Waals surface area contributed by atoms with E-state index in [1.54, 1.807) is 0 Å². The molecule has 2 aliphatic carbocycles. The summed E-state index contributed by atoms with van der Waals surface area (Å²) in [6.45, 7) is 2.26. The average Bonchev–Trinajstić information content (AvgIpc) is 2.82. The molecular weight excluding hydrogens is 196 g/mol. The Bertz CT molecular complexity index is 272. The first-order chi connectivity index (χ1) is 7.92. The molecule has 3 unspecified atom stereocenters. The van der Waals surface area contributed by atoms with E-state index >= 15 is 0 Å². The van der Waals surface area contributed by atoms with E-state index in [2.05, 4.69) is 10.3 Å². The predicted molar refractivity (Wildman–Crippen MR) is 67.7 cm³/mol. The van der Waals surface area contributed by atoms with Crippen LogP contribution in [0.4, 0.5) is 0 Å².